The fourth-order valence-corrected chi connectivity index (χ4v) is 5.70. The van der Waals surface area contributed by atoms with E-state index in [-0.39, 0.29) is 17.8 Å². The summed E-state index contributed by atoms with van der Waals surface area (Å²) in [5, 5.41) is 7.88. The molecule has 3 aromatic rings. The lowest BCUT2D eigenvalue weighted by molar-refractivity contribution is -0.135. The summed E-state index contributed by atoms with van der Waals surface area (Å²) in [6.07, 6.45) is 5.61. The molecule has 184 valence electrons. The van der Waals surface area contributed by atoms with Crippen molar-refractivity contribution in [1.29, 1.82) is 0 Å². The molecule has 1 saturated heterocycles. The summed E-state index contributed by atoms with van der Waals surface area (Å²) in [5.74, 6) is 0.532. The Balaban J connectivity index is 1.16. The second-order valence-electron chi connectivity index (χ2n) is 9.70. The van der Waals surface area contributed by atoms with Gasteiger partial charge >= 0.3 is 0 Å². The molecule has 0 N–H and O–H groups in total. The molecular formula is C28H28FN5O2. The lowest BCUT2D eigenvalue weighted by atomic mass is 9.90. The van der Waals surface area contributed by atoms with E-state index in [9.17, 15) is 9.18 Å². The summed E-state index contributed by atoms with van der Waals surface area (Å²) < 4.78 is 19.8. The zero-order valence-corrected chi connectivity index (χ0v) is 20.3. The van der Waals surface area contributed by atoms with E-state index in [1.165, 1.54) is 17.2 Å². The third-order valence-electron chi connectivity index (χ3n) is 7.62. The molecule has 0 spiro atoms. The second kappa shape index (κ2) is 9.43. The van der Waals surface area contributed by atoms with Gasteiger partial charge in [-0.1, -0.05) is 12.1 Å². The molecule has 1 fully saturated rings. The minimum absolute atomic E-state index is 0.189. The highest BCUT2D eigenvalue weighted by molar-refractivity contribution is 6.15. The highest BCUT2D eigenvalue weighted by atomic mass is 19.1. The van der Waals surface area contributed by atoms with Gasteiger partial charge in [-0.15, -0.1) is 0 Å². The number of ether oxygens (including phenoxy) is 1. The van der Waals surface area contributed by atoms with Crippen LogP contribution in [0.4, 0.5) is 4.39 Å². The van der Waals surface area contributed by atoms with Gasteiger partial charge in [-0.3, -0.25) is 14.7 Å². The van der Waals surface area contributed by atoms with Crippen molar-refractivity contribution < 1.29 is 13.9 Å². The number of rotatable bonds is 5. The molecule has 1 amide bonds. The molecule has 0 bridgehead atoms. The summed E-state index contributed by atoms with van der Waals surface area (Å²) in [5.41, 5.74) is 7.11. The van der Waals surface area contributed by atoms with Crippen molar-refractivity contribution in [2.24, 2.45) is 4.99 Å². The van der Waals surface area contributed by atoms with Crippen molar-refractivity contribution in [3.8, 4) is 5.75 Å². The van der Waals surface area contributed by atoms with E-state index in [1.54, 1.807) is 31.6 Å². The van der Waals surface area contributed by atoms with Crippen molar-refractivity contribution >= 4 is 11.6 Å². The predicted octanol–water partition coefficient (Wildman–Crippen LogP) is 3.52. The Kier molecular flexibility index (Phi) is 5.97. The molecule has 1 aromatic heterocycles. The van der Waals surface area contributed by atoms with E-state index in [1.807, 2.05) is 6.07 Å². The fourth-order valence-electron chi connectivity index (χ4n) is 5.70. The molecule has 0 aliphatic carbocycles. The first-order valence-corrected chi connectivity index (χ1v) is 12.4. The zero-order chi connectivity index (χ0) is 24.6. The largest absolute Gasteiger partial charge is 0.496 e. The van der Waals surface area contributed by atoms with Crippen LogP contribution in [0, 0.1) is 5.82 Å². The van der Waals surface area contributed by atoms with Gasteiger partial charge in [0.15, 0.2) is 0 Å². The van der Waals surface area contributed by atoms with Gasteiger partial charge in [-0.2, -0.15) is 10.2 Å². The Morgan fingerprint density at radius 1 is 1.08 bits per heavy atom. The Morgan fingerprint density at radius 2 is 1.94 bits per heavy atom. The SMILES string of the molecule is COc1cccc(F)c1CN1CCC(N2Cc3cc4c(cc3CC2=O)CN=C4c2ccnnc2)CC1. The van der Waals surface area contributed by atoms with Crippen LogP contribution in [0.5, 0.6) is 5.75 Å². The number of carbonyl (C=O) groups excluding carboxylic acids is 1. The highest BCUT2D eigenvalue weighted by Crippen LogP contribution is 2.32. The molecule has 6 rings (SSSR count). The van der Waals surface area contributed by atoms with E-state index in [2.05, 4.69) is 32.1 Å². The zero-order valence-electron chi connectivity index (χ0n) is 20.3. The van der Waals surface area contributed by atoms with Crippen molar-refractivity contribution in [2.75, 3.05) is 20.2 Å². The van der Waals surface area contributed by atoms with Crippen LogP contribution in [0.1, 0.15) is 46.2 Å². The van der Waals surface area contributed by atoms with Crippen LogP contribution in [-0.2, 0) is 30.8 Å². The molecule has 0 radical (unpaired) electrons. The van der Waals surface area contributed by atoms with Gasteiger partial charge in [0, 0.05) is 48.9 Å². The molecule has 36 heavy (non-hydrogen) atoms. The Morgan fingerprint density at radius 3 is 2.72 bits per heavy atom. The average Bonchev–Trinajstić information content (AvgIpc) is 3.32. The smallest absolute Gasteiger partial charge is 0.227 e. The predicted molar refractivity (Wildman–Crippen MR) is 133 cm³/mol. The van der Waals surface area contributed by atoms with E-state index < -0.39 is 0 Å². The number of hydrogen-bond acceptors (Lipinski definition) is 6. The average molecular weight is 486 g/mol. The molecule has 8 heteroatoms. The maximum Gasteiger partial charge on any atom is 0.227 e. The Hall–Kier alpha value is -3.65. The third kappa shape index (κ3) is 4.15. The van der Waals surface area contributed by atoms with E-state index in [0.717, 1.165) is 48.3 Å². The van der Waals surface area contributed by atoms with Gasteiger partial charge in [0.05, 0.1) is 38.2 Å². The summed E-state index contributed by atoms with van der Waals surface area (Å²) in [7, 11) is 1.57. The summed E-state index contributed by atoms with van der Waals surface area (Å²) in [6.45, 7) is 3.39. The molecule has 0 atom stereocenters. The molecule has 3 aliphatic rings. The van der Waals surface area contributed by atoms with Crippen LogP contribution in [0.3, 0.4) is 0 Å². The number of aromatic nitrogens is 2. The van der Waals surface area contributed by atoms with Gasteiger partial charge in [-0.05, 0) is 53.8 Å². The lowest BCUT2D eigenvalue weighted by Gasteiger charge is -2.41. The minimum Gasteiger partial charge on any atom is -0.496 e. The van der Waals surface area contributed by atoms with Crippen LogP contribution in [0.15, 0.2) is 53.8 Å². The van der Waals surface area contributed by atoms with Gasteiger partial charge in [-0.25, -0.2) is 4.39 Å². The number of nitrogens with zero attached hydrogens (tertiary/aromatic N) is 5. The molecule has 0 saturated carbocycles. The van der Waals surface area contributed by atoms with Crippen molar-refractivity contribution in [3.05, 3.63) is 88.0 Å². The quantitative estimate of drug-likeness (QED) is 0.553. The van der Waals surface area contributed by atoms with Crippen LogP contribution in [-0.4, -0.2) is 57.9 Å². The normalized spacial score (nSPS) is 18.1. The highest BCUT2D eigenvalue weighted by Gasteiger charge is 2.33. The number of fused-ring (bicyclic) bond motifs is 2. The second-order valence-corrected chi connectivity index (χ2v) is 9.70. The topological polar surface area (TPSA) is 70.9 Å². The summed E-state index contributed by atoms with van der Waals surface area (Å²) in [6, 6.07) is 11.4. The number of amides is 1. The number of carbonyl (C=O) groups is 1. The molecule has 7 nitrogen and oxygen atoms in total. The van der Waals surface area contributed by atoms with Crippen molar-refractivity contribution in [2.45, 2.75) is 44.9 Å². The Bertz CT molecular complexity index is 1340. The van der Waals surface area contributed by atoms with Gasteiger partial charge in [0.2, 0.25) is 5.91 Å². The van der Waals surface area contributed by atoms with Gasteiger partial charge in [0.25, 0.3) is 0 Å². The number of benzene rings is 2. The first kappa shape index (κ1) is 22.8. The van der Waals surface area contributed by atoms with Crippen molar-refractivity contribution in [1.82, 2.24) is 20.0 Å². The number of likely N-dealkylation sites (tertiary alicyclic amines) is 1. The standard InChI is InChI=1S/C28H28FN5O2/c1-36-26-4-2-3-25(29)24(26)17-33-9-6-22(7-10-33)34-16-21-12-23-20(11-19(21)13-27(34)35)14-30-28(23)18-5-8-31-32-15-18/h2-5,8,11-12,15,22H,6-7,9-10,13-14,16-17H2,1H3. The minimum atomic E-state index is -0.239. The first-order valence-electron chi connectivity index (χ1n) is 12.4. The molecule has 0 unspecified atom stereocenters. The number of piperidine rings is 1. The summed E-state index contributed by atoms with van der Waals surface area (Å²) >= 11 is 0. The number of halogens is 1. The number of aliphatic imine (C=N–C) groups is 1. The van der Waals surface area contributed by atoms with Crippen LogP contribution < -0.4 is 4.74 Å². The third-order valence-corrected chi connectivity index (χ3v) is 7.62. The van der Waals surface area contributed by atoms with Gasteiger partial charge in [0.1, 0.15) is 11.6 Å². The maximum absolute atomic E-state index is 14.4. The fraction of sp³-hybridized carbons (Fsp3) is 0.357. The molecule has 4 heterocycles. The van der Waals surface area contributed by atoms with E-state index in [0.29, 0.717) is 37.4 Å². The number of methoxy groups -OCH3 is 1. The molecule has 2 aromatic carbocycles. The van der Waals surface area contributed by atoms with Crippen molar-refractivity contribution in [3.63, 3.8) is 0 Å². The first-order chi connectivity index (χ1) is 17.6. The van der Waals surface area contributed by atoms with E-state index in [4.69, 9.17) is 9.73 Å². The Labute approximate surface area is 209 Å². The lowest BCUT2D eigenvalue weighted by Crippen LogP contribution is -2.49. The van der Waals surface area contributed by atoms with E-state index >= 15 is 0 Å². The summed E-state index contributed by atoms with van der Waals surface area (Å²) in [4.78, 5) is 22.2. The maximum atomic E-state index is 14.4. The molecule has 3 aliphatic heterocycles. The van der Waals surface area contributed by atoms with Gasteiger partial charge < -0.3 is 9.64 Å². The molecular weight excluding hydrogens is 457 g/mol. The van der Waals surface area contributed by atoms with Crippen LogP contribution in [0.25, 0.3) is 0 Å². The number of hydrogen-bond donors (Lipinski definition) is 0. The monoisotopic (exact) mass is 485 g/mol. The van der Waals surface area contributed by atoms with Crippen LogP contribution >= 0.6 is 0 Å². The van der Waals surface area contributed by atoms with Crippen LogP contribution in [0.2, 0.25) is 0 Å².